The van der Waals surface area contributed by atoms with Gasteiger partial charge in [-0.1, -0.05) is 30.3 Å². The average Bonchev–Trinajstić information content (AvgIpc) is 2.56. The second-order valence-electron chi connectivity index (χ2n) is 4.56. The van der Waals surface area contributed by atoms with Crippen LogP contribution in [0.1, 0.15) is 11.5 Å². The van der Waals surface area contributed by atoms with E-state index in [1.807, 2.05) is 0 Å². The van der Waals surface area contributed by atoms with Crippen LogP contribution in [-0.4, -0.2) is 26.8 Å². The number of esters is 1. The number of hydrogen-bond donors (Lipinski definition) is 0. The minimum Gasteiger partial charge on any atom is -0.496 e. The third-order valence-electron chi connectivity index (χ3n) is 3.24. The number of halogens is 1. The molecule has 0 N–H and O–H groups in total. The first-order valence-corrected chi connectivity index (χ1v) is 6.75. The van der Waals surface area contributed by atoms with Gasteiger partial charge in [0.05, 0.1) is 14.2 Å². The van der Waals surface area contributed by atoms with Crippen LogP contribution in [0.4, 0.5) is 4.39 Å². The largest absolute Gasteiger partial charge is 0.496 e. The molecule has 116 valence electrons. The van der Waals surface area contributed by atoms with E-state index < -0.39 is 17.7 Å². The highest BCUT2D eigenvalue weighted by Crippen LogP contribution is 2.28. The Morgan fingerprint density at radius 2 is 1.68 bits per heavy atom. The lowest BCUT2D eigenvalue weighted by molar-refractivity contribution is -0.143. The molecule has 1 atom stereocenters. The van der Waals surface area contributed by atoms with Crippen molar-refractivity contribution in [2.24, 2.45) is 0 Å². The Bertz CT molecular complexity index is 642. The summed E-state index contributed by atoms with van der Waals surface area (Å²) in [5.74, 6) is -1.02. The van der Waals surface area contributed by atoms with E-state index in [0.717, 1.165) is 0 Å². The van der Waals surface area contributed by atoms with Crippen LogP contribution in [0.25, 0.3) is 0 Å². The standard InChI is InChI=1S/C17H17FO4/c1-20-15-9-5-3-7-12(15)13(17(19)21-2)11-22-16-10-6-4-8-14(16)18/h3-10,13H,11H2,1-2H3. The van der Waals surface area contributed by atoms with Gasteiger partial charge in [0.15, 0.2) is 11.6 Å². The Morgan fingerprint density at radius 3 is 2.32 bits per heavy atom. The number of ether oxygens (including phenoxy) is 3. The van der Waals surface area contributed by atoms with E-state index in [-0.39, 0.29) is 12.4 Å². The summed E-state index contributed by atoms with van der Waals surface area (Å²) in [6.45, 7) is -0.0476. The summed E-state index contributed by atoms with van der Waals surface area (Å²) in [6, 6.07) is 13.1. The zero-order valence-electron chi connectivity index (χ0n) is 12.4. The SMILES string of the molecule is COC(=O)C(COc1ccccc1F)c1ccccc1OC. The maximum absolute atomic E-state index is 13.6. The van der Waals surface area contributed by atoms with Crippen molar-refractivity contribution in [2.75, 3.05) is 20.8 Å². The Kier molecular flexibility index (Phi) is 5.36. The van der Waals surface area contributed by atoms with Crippen molar-refractivity contribution >= 4 is 5.97 Å². The quantitative estimate of drug-likeness (QED) is 0.769. The minimum atomic E-state index is -0.708. The zero-order valence-corrected chi connectivity index (χ0v) is 12.4. The van der Waals surface area contributed by atoms with E-state index in [4.69, 9.17) is 14.2 Å². The normalized spacial score (nSPS) is 11.6. The summed E-state index contributed by atoms with van der Waals surface area (Å²) in [5, 5.41) is 0. The molecule has 0 fully saturated rings. The molecule has 5 heteroatoms. The van der Waals surface area contributed by atoms with Crippen LogP contribution in [-0.2, 0) is 9.53 Å². The van der Waals surface area contributed by atoms with E-state index in [2.05, 4.69) is 0 Å². The molecule has 2 aromatic rings. The van der Waals surface area contributed by atoms with Gasteiger partial charge >= 0.3 is 5.97 Å². The van der Waals surface area contributed by atoms with Gasteiger partial charge < -0.3 is 14.2 Å². The lowest BCUT2D eigenvalue weighted by Gasteiger charge is -2.18. The number of benzene rings is 2. The van der Waals surface area contributed by atoms with Gasteiger partial charge in [0.2, 0.25) is 0 Å². The smallest absolute Gasteiger partial charge is 0.316 e. The first-order chi connectivity index (χ1) is 10.7. The van der Waals surface area contributed by atoms with Crippen LogP contribution in [0.5, 0.6) is 11.5 Å². The zero-order chi connectivity index (χ0) is 15.9. The van der Waals surface area contributed by atoms with Gasteiger partial charge in [-0.05, 0) is 18.2 Å². The Balaban J connectivity index is 2.24. The van der Waals surface area contributed by atoms with Crippen molar-refractivity contribution in [3.63, 3.8) is 0 Å². The molecule has 0 aliphatic heterocycles. The van der Waals surface area contributed by atoms with Crippen molar-refractivity contribution in [2.45, 2.75) is 5.92 Å². The van der Waals surface area contributed by atoms with Gasteiger partial charge in [-0.2, -0.15) is 0 Å². The van der Waals surface area contributed by atoms with E-state index >= 15 is 0 Å². The summed E-state index contributed by atoms with van der Waals surface area (Å²) in [7, 11) is 2.82. The molecule has 22 heavy (non-hydrogen) atoms. The molecule has 0 saturated carbocycles. The molecule has 2 rings (SSSR count). The van der Waals surface area contributed by atoms with Crippen LogP contribution in [0.15, 0.2) is 48.5 Å². The van der Waals surface area contributed by atoms with E-state index in [9.17, 15) is 9.18 Å². The highest BCUT2D eigenvalue weighted by Gasteiger charge is 2.26. The molecule has 0 heterocycles. The predicted molar refractivity (Wildman–Crippen MR) is 79.6 cm³/mol. The van der Waals surface area contributed by atoms with Gasteiger partial charge in [-0.25, -0.2) is 4.39 Å². The maximum Gasteiger partial charge on any atom is 0.316 e. The molecule has 1 unspecified atom stereocenters. The fourth-order valence-corrected chi connectivity index (χ4v) is 2.12. The molecule has 2 aromatic carbocycles. The predicted octanol–water partition coefficient (Wildman–Crippen LogP) is 3.17. The lowest BCUT2D eigenvalue weighted by Crippen LogP contribution is -2.22. The Morgan fingerprint density at radius 1 is 1.05 bits per heavy atom. The minimum absolute atomic E-state index is 0.0476. The van der Waals surface area contributed by atoms with Crippen molar-refractivity contribution in [1.82, 2.24) is 0 Å². The van der Waals surface area contributed by atoms with Crippen LogP contribution < -0.4 is 9.47 Å². The number of rotatable bonds is 6. The van der Waals surface area contributed by atoms with E-state index in [1.165, 1.54) is 26.4 Å². The number of carbonyl (C=O) groups is 1. The Hall–Kier alpha value is -2.56. The second-order valence-corrected chi connectivity index (χ2v) is 4.56. The summed E-state index contributed by atoms with van der Waals surface area (Å²) in [5.41, 5.74) is 0.633. The number of methoxy groups -OCH3 is 2. The third-order valence-corrected chi connectivity index (χ3v) is 3.24. The van der Waals surface area contributed by atoms with E-state index in [0.29, 0.717) is 11.3 Å². The van der Waals surface area contributed by atoms with Crippen LogP contribution in [0, 0.1) is 5.82 Å². The summed E-state index contributed by atoms with van der Waals surface area (Å²) >= 11 is 0. The second kappa shape index (κ2) is 7.45. The van der Waals surface area contributed by atoms with Crippen LogP contribution in [0.3, 0.4) is 0 Å². The monoisotopic (exact) mass is 304 g/mol. The van der Waals surface area contributed by atoms with Gasteiger partial charge in [0.1, 0.15) is 18.3 Å². The van der Waals surface area contributed by atoms with Gasteiger partial charge in [0.25, 0.3) is 0 Å². The van der Waals surface area contributed by atoms with Crippen molar-refractivity contribution in [3.8, 4) is 11.5 Å². The number of para-hydroxylation sites is 2. The highest BCUT2D eigenvalue weighted by atomic mass is 19.1. The molecular weight excluding hydrogens is 287 g/mol. The topological polar surface area (TPSA) is 44.8 Å². The average molecular weight is 304 g/mol. The molecular formula is C17H17FO4. The molecule has 0 amide bonds. The van der Waals surface area contributed by atoms with Crippen molar-refractivity contribution < 1.29 is 23.4 Å². The molecule has 4 nitrogen and oxygen atoms in total. The molecule has 0 spiro atoms. The van der Waals surface area contributed by atoms with Crippen LogP contribution >= 0.6 is 0 Å². The molecule has 0 aliphatic rings. The fraction of sp³-hybridized carbons (Fsp3) is 0.235. The van der Waals surface area contributed by atoms with Gasteiger partial charge in [0, 0.05) is 5.56 Å². The molecule has 0 aliphatic carbocycles. The summed E-state index contributed by atoms with van der Waals surface area (Å²) in [4.78, 5) is 12.0. The molecule has 0 aromatic heterocycles. The number of hydrogen-bond acceptors (Lipinski definition) is 4. The molecule has 0 saturated heterocycles. The van der Waals surface area contributed by atoms with Crippen molar-refractivity contribution in [1.29, 1.82) is 0 Å². The lowest BCUT2D eigenvalue weighted by atomic mass is 9.99. The van der Waals surface area contributed by atoms with E-state index in [1.54, 1.807) is 36.4 Å². The molecule has 0 bridgehead atoms. The fourth-order valence-electron chi connectivity index (χ4n) is 2.12. The summed E-state index contributed by atoms with van der Waals surface area (Å²) < 4.78 is 29.1. The first kappa shape index (κ1) is 15.8. The van der Waals surface area contributed by atoms with Crippen molar-refractivity contribution in [3.05, 3.63) is 59.9 Å². The number of carbonyl (C=O) groups excluding carboxylic acids is 1. The van der Waals surface area contributed by atoms with Gasteiger partial charge in [-0.3, -0.25) is 4.79 Å². The highest BCUT2D eigenvalue weighted by molar-refractivity contribution is 5.79. The van der Waals surface area contributed by atoms with Crippen LogP contribution in [0.2, 0.25) is 0 Å². The molecule has 0 radical (unpaired) electrons. The van der Waals surface area contributed by atoms with Gasteiger partial charge in [-0.15, -0.1) is 0 Å². The maximum atomic E-state index is 13.6. The third kappa shape index (κ3) is 3.55. The Labute approximate surface area is 128 Å². The summed E-state index contributed by atoms with van der Waals surface area (Å²) in [6.07, 6.45) is 0. The first-order valence-electron chi connectivity index (χ1n) is 6.75.